The Balaban J connectivity index is 1.35. The highest BCUT2D eigenvalue weighted by Gasteiger charge is 2.25. The summed E-state index contributed by atoms with van der Waals surface area (Å²) in [5.41, 5.74) is 3.86. The van der Waals surface area contributed by atoms with E-state index >= 15 is 0 Å². The molecule has 0 bridgehead atoms. The van der Waals surface area contributed by atoms with Crippen LogP contribution in [0.1, 0.15) is 78.8 Å². The zero-order valence-electron chi connectivity index (χ0n) is 20.2. The van der Waals surface area contributed by atoms with Crippen LogP contribution >= 0.6 is 0 Å². The number of carbonyl (C=O) groups is 1. The van der Waals surface area contributed by atoms with Crippen molar-refractivity contribution in [3.63, 3.8) is 0 Å². The highest BCUT2D eigenvalue weighted by molar-refractivity contribution is 6.06. The van der Waals surface area contributed by atoms with E-state index in [0.29, 0.717) is 17.8 Å². The zero-order valence-corrected chi connectivity index (χ0v) is 20.2. The number of hydrogen-bond acceptors (Lipinski definition) is 5. The van der Waals surface area contributed by atoms with Gasteiger partial charge < -0.3 is 10.2 Å². The van der Waals surface area contributed by atoms with Crippen molar-refractivity contribution in [3.05, 3.63) is 65.4 Å². The number of para-hydroxylation sites is 1. The summed E-state index contributed by atoms with van der Waals surface area (Å²) in [5.74, 6) is 2.38. The third-order valence-corrected chi connectivity index (χ3v) is 6.64. The van der Waals surface area contributed by atoms with Crippen molar-refractivity contribution in [3.8, 4) is 0 Å². The van der Waals surface area contributed by atoms with E-state index in [1.807, 2.05) is 42.7 Å². The van der Waals surface area contributed by atoms with Crippen molar-refractivity contribution >= 4 is 16.8 Å². The SMILES string of the molecule is CC(C)c1ncc(CNCC2CCC(c3cc(C(=O)N(C)C)c4ccccc4n3)CC2)cn1. The van der Waals surface area contributed by atoms with E-state index in [1.54, 1.807) is 19.0 Å². The number of fused-ring (bicyclic) bond motifs is 1. The molecule has 2 heterocycles. The number of nitrogens with zero attached hydrogens (tertiary/aromatic N) is 4. The maximum Gasteiger partial charge on any atom is 0.254 e. The third-order valence-electron chi connectivity index (χ3n) is 6.64. The Morgan fingerprint density at radius 2 is 1.79 bits per heavy atom. The van der Waals surface area contributed by atoms with Gasteiger partial charge in [0.25, 0.3) is 5.91 Å². The molecule has 0 atom stereocenters. The van der Waals surface area contributed by atoms with Gasteiger partial charge in [-0.25, -0.2) is 9.97 Å². The van der Waals surface area contributed by atoms with Crippen LogP contribution in [-0.2, 0) is 6.54 Å². The van der Waals surface area contributed by atoms with Gasteiger partial charge in [0.15, 0.2) is 0 Å². The molecule has 1 N–H and O–H groups in total. The Morgan fingerprint density at radius 1 is 1.09 bits per heavy atom. The molecule has 3 aromatic rings. The summed E-state index contributed by atoms with van der Waals surface area (Å²) in [6, 6.07) is 10.0. The number of pyridine rings is 1. The average Bonchev–Trinajstić information content (AvgIpc) is 2.83. The van der Waals surface area contributed by atoms with E-state index in [0.717, 1.165) is 59.5 Å². The van der Waals surface area contributed by atoms with E-state index < -0.39 is 0 Å². The third kappa shape index (κ3) is 5.56. The van der Waals surface area contributed by atoms with E-state index in [9.17, 15) is 4.79 Å². The van der Waals surface area contributed by atoms with Crippen molar-refractivity contribution in [2.75, 3.05) is 20.6 Å². The van der Waals surface area contributed by atoms with Gasteiger partial charge in [-0.2, -0.15) is 0 Å². The summed E-state index contributed by atoms with van der Waals surface area (Å²) >= 11 is 0. The lowest BCUT2D eigenvalue weighted by atomic mass is 9.80. The van der Waals surface area contributed by atoms with Crippen LogP contribution < -0.4 is 5.32 Å². The molecule has 1 fully saturated rings. The Morgan fingerprint density at radius 3 is 2.45 bits per heavy atom. The largest absolute Gasteiger partial charge is 0.345 e. The van der Waals surface area contributed by atoms with E-state index in [1.165, 1.54) is 12.8 Å². The van der Waals surface area contributed by atoms with Gasteiger partial charge in [0.2, 0.25) is 0 Å². The molecule has 1 amide bonds. The molecule has 4 rings (SSSR count). The van der Waals surface area contributed by atoms with E-state index in [2.05, 4.69) is 29.1 Å². The van der Waals surface area contributed by atoms with Crippen molar-refractivity contribution < 1.29 is 4.79 Å². The first-order valence-corrected chi connectivity index (χ1v) is 12.0. The molecular weight excluding hydrogens is 410 g/mol. The fourth-order valence-corrected chi connectivity index (χ4v) is 4.66. The zero-order chi connectivity index (χ0) is 23.4. The molecule has 0 spiro atoms. The Bertz CT molecular complexity index is 1090. The Hall–Kier alpha value is -2.86. The molecule has 0 unspecified atom stereocenters. The highest BCUT2D eigenvalue weighted by Crippen LogP contribution is 2.36. The molecule has 1 aliphatic rings. The summed E-state index contributed by atoms with van der Waals surface area (Å²) < 4.78 is 0. The van der Waals surface area contributed by atoms with Gasteiger partial charge in [0, 0.05) is 61.5 Å². The molecule has 6 nitrogen and oxygen atoms in total. The summed E-state index contributed by atoms with van der Waals surface area (Å²) in [5, 5.41) is 4.52. The van der Waals surface area contributed by atoms with Crippen molar-refractivity contribution in [1.82, 2.24) is 25.2 Å². The lowest BCUT2D eigenvalue weighted by Gasteiger charge is -2.29. The number of nitrogens with one attached hydrogen (secondary N) is 1. The average molecular weight is 446 g/mol. The standard InChI is InChI=1S/C27H35N5O/c1-18(2)26-29-16-20(17-30-26)15-28-14-19-9-11-21(12-10-19)25-13-23(27(33)32(3)4)22-7-5-6-8-24(22)31-25/h5-8,13,16-19,21,28H,9-12,14-15H2,1-4H3. The summed E-state index contributed by atoms with van der Waals surface area (Å²) in [7, 11) is 3.61. The summed E-state index contributed by atoms with van der Waals surface area (Å²) in [4.78, 5) is 28.3. The van der Waals surface area contributed by atoms with Gasteiger partial charge >= 0.3 is 0 Å². The van der Waals surface area contributed by atoms with Crippen molar-refractivity contribution in [2.24, 2.45) is 5.92 Å². The first-order valence-electron chi connectivity index (χ1n) is 12.0. The molecule has 33 heavy (non-hydrogen) atoms. The first-order chi connectivity index (χ1) is 15.9. The number of hydrogen-bond donors (Lipinski definition) is 1. The molecule has 174 valence electrons. The van der Waals surface area contributed by atoms with Crippen molar-refractivity contribution in [1.29, 1.82) is 0 Å². The minimum absolute atomic E-state index is 0.0399. The van der Waals surface area contributed by atoms with Gasteiger partial charge in [-0.1, -0.05) is 32.0 Å². The second kappa shape index (κ2) is 10.4. The molecule has 0 saturated heterocycles. The van der Waals surface area contributed by atoms with Crippen LogP contribution in [0.4, 0.5) is 0 Å². The predicted octanol–water partition coefficient (Wildman–Crippen LogP) is 4.91. The van der Waals surface area contributed by atoms with Crippen LogP contribution in [-0.4, -0.2) is 46.4 Å². The fourth-order valence-electron chi connectivity index (χ4n) is 4.66. The molecule has 0 aliphatic heterocycles. The molecule has 6 heteroatoms. The minimum Gasteiger partial charge on any atom is -0.345 e. The van der Waals surface area contributed by atoms with Gasteiger partial charge in [-0.3, -0.25) is 9.78 Å². The van der Waals surface area contributed by atoms with E-state index in [-0.39, 0.29) is 5.91 Å². The second-order valence-electron chi connectivity index (χ2n) is 9.76. The monoisotopic (exact) mass is 445 g/mol. The second-order valence-corrected chi connectivity index (χ2v) is 9.76. The van der Waals surface area contributed by atoms with E-state index in [4.69, 9.17) is 4.98 Å². The van der Waals surface area contributed by atoms with Crippen molar-refractivity contribution in [2.45, 2.75) is 57.9 Å². The summed E-state index contributed by atoms with van der Waals surface area (Å²) in [6.07, 6.45) is 8.44. The smallest absolute Gasteiger partial charge is 0.254 e. The first kappa shape index (κ1) is 23.3. The fraction of sp³-hybridized carbons (Fsp3) is 0.481. The lowest BCUT2D eigenvalue weighted by molar-refractivity contribution is 0.0829. The molecular formula is C27H35N5O. The predicted molar refractivity (Wildman–Crippen MR) is 132 cm³/mol. The number of rotatable bonds is 7. The maximum absolute atomic E-state index is 12.8. The highest BCUT2D eigenvalue weighted by atomic mass is 16.2. The van der Waals surface area contributed by atoms with Crippen LogP contribution in [0.2, 0.25) is 0 Å². The molecule has 0 radical (unpaired) electrons. The molecule has 1 aliphatic carbocycles. The van der Waals surface area contributed by atoms with Gasteiger partial charge in [-0.15, -0.1) is 0 Å². The number of aromatic nitrogens is 3. The topological polar surface area (TPSA) is 71.0 Å². The molecule has 1 saturated carbocycles. The van der Waals surface area contributed by atoms with Crippen LogP contribution in [0, 0.1) is 5.92 Å². The summed E-state index contributed by atoms with van der Waals surface area (Å²) in [6.45, 7) is 6.03. The normalized spacial score (nSPS) is 18.6. The quantitative estimate of drug-likeness (QED) is 0.559. The van der Waals surface area contributed by atoms with Gasteiger partial charge in [0.1, 0.15) is 5.82 Å². The Kier molecular flexibility index (Phi) is 7.33. The lowest BCUT2D eigenvalue weighted by Crippen LogP contribution is -2.26. The van der Waals surface area contributed by atoms with Crippen LogP contribution in [0.15, 0.2) is 42.7 Å². The minimum atomic E-state index is 0.0399. The number of carbonyl (C=O) groups excluding carboxylic acids is 1. The van der Waals surface area contributed by atoms with Crippen LogP contribution in [0.5, 0.6) is 0 Å². The Labute approximate surface area is 196 Å². The van der Waals surface area contributed by atoms with Gasteiger partial charge in [0.05, 0.1) is 11.1 Å². The van der Waals surface area contributed by atoms with Crippen LogP contribution in [0.25, 0.3) is 10.9 Å². The maximum atomic E-state index is 12.8. The number of benzene rings is 1. The molecule has 1 aromatic carbocycles. The molecule has 2 aromatic heterocycles. The van der Waals surface area contributed by atoms with Crippen LogP contribution in [0.3, 0.4) is 0 Å². The van der Waals surface area contributed by atoms with Gasteiger partial charge in [-0.05, 0) is 50.3 Å². The number of amides is 1.